The summed E-state index contributed by atoms with van der Waals surface area (Å²) < 4.78 is 5.79. The van der Waals surface area contributed by atoms with Gasteiger partial charge in [0.25, 0.3) is 0 Å². The monoisotopic (exact) mass is 337 g/mol. The van der Waals surface area contributed by atoms with Gasteiger partial charge in [-0.25, -0.2) is 4.79 Å². The zero-order valence-electron chi connectivity index (χ0n) is 14.4. The van der Waals surface area contributed by atoms with Crippen LogP contribution < -0.4 is 0 Å². The maximum Gasteiger partial charge on any atom is 0.415 e. The second kappa shape index (κ2) is 6.28. The number of benzene rings is 2. The van der Waals surface area contributed by atoms with Gasteiger partial charge in [0.1, 0.15) is 6.04 Å². The lowest BCUT2D eigenvalue weighted by molar-refractivity contribution is 0.131. The van der Waals surface area contributed by atoms with Gasteiger partial charge >= 0.3 is 6.09 Å². The van der Waals surface area contributed by atoms with Gasteiger partial charge in [0.05, 0.1) is 8.07 Å². The summed E-state index contributed by atoms with van der Waals surface area (Å²) in [4.78, 5) is 14.5. The molecule has 0 unspecified atom stereocenters. The molecule has 4 heteroatoms. The molecule has 0 radical (unpaired) electrons. The molecule has 1 aliphatic heterocycles. The molecule has 1 saturated heterocycles. The Morgan fingerprint density at radius 3 is 1.96 bits per heavy atom. The quantitative estimate of drug-likeness (QED) is 0.707. The van der Waals surface area contributed by atoms with Crippen molar-refractivity contribution in [2.45, 2.75) is 31.8 Å². The first-order valence-electron chi connectivity index (χ1n) is 8.18. The van der Waals surface area contributed by atoms with E-state index in [1.807, 2.05) is 60.7 Å². The average Bonchev–Trinajstić information content (AvgIpc) is 2.92. The topological polar surface area (TPSA) is 29.5 Å². The second-order valence-corrected chi connectivity index (χ2v) is 12.2. The average molecular weight is 337 g/mol. The summed E-state index contributed by atoms with van der Waals surface area (Å²) in [6.45, 7) is 10.8. The fourth-order valence-corrected chi connectivity index (χ4v) is 3.94. The molecular weight excluding hydrogens is 314 g/mol. The van der Waals surface area contributed by atoms with Crippen molar-refractivity contribution < 1.29 is 9.53 Å². The van der Waals surface area contributed by atoms with Crippen LogP contribution in [-0.4, -0.2) is 19.1 Å². The minimum atomic E-state index is -1.74. The maximum atomic E-state index is 12.7. The number of hydrogen-bond donors (Lipinski definition) is 0. The Morgan fingerprint density at radius 1 is 0.958 bits per heavy atom. The molecule has 0 aliphatic carbocycles. The van der Waals surface area contributed by atoms with E-state index in [4.69, 9.17) is 4.74 Å². The molecule has 1 amide bonds. The zero-order chi connectivity index (χ0) is 17.3. The zero-order valence-corrected chi connectivity index (χ0v) is 15.4. The Bertz CT molecular complexity index is 737. The molecule has 1 fully saturated rings. The standard InChI is InChI=1S/C20H23NO2Si/c1-15(24(2,3)4)21-18(16-11-7-5-8-12-16)19(23-20(21)22)17-13-9-6-10-14-17/h5-14,18-19H,1H2,2-4H3/t18-,19+/m1/s1. The highest BCUT2D eigenvalue weighted by molar-refractivity contribution is 6.83. The summed E-state index contributed by atoms with van der Waals surface area (Å²) in [5.41, 5.74) is 2.07. The molecule has 0 spiro atoms. The SMILES string of the molecule is C=C(N1C(=O)O[C@@H](c2ccccc2)[C@H]1c1ccccc1)[Si](C)(C)C. The van der Waals surface area contributed by atoms with Crippen molar-refractivity contribution in [3.05, 3.63) is 83.7 Å². The molecular formula is C20H23NO2Si. The van der Waals surface area contributed by atoms with Gasteiger partial charge in [-0.2, -0.15) is 0 Å². The predicted molar refractivity (Wildman–Crippen MR) is 99.2 cm³/mol. The first-order valence-corrected chi connectivity index (χ1v) is 11.7. The largest absolute Gasteiger partial charge is 0.438 e. The molecule has 2 aromatic carbocycles. The van der Waals surface area contributed by atoms with Crippen molar-refractivity contribution >= 4 is 14.2 Å². The van der Waals surface area contributed by atoms with Gasteiger partial charge in [-0.3, -0.25) is 4.90 Å². The Morgan fingerprint density at radius 2 is 1.46 bits per heavy atom. The van der Waals surface area contributed by atoms with Crippen LogP contribution in [0.4, 0.5) is 4.79 Å². The van der Waals surface area contributed by atoms with Crippen molar-refractivity contribution in [2.75, 3.05) is 0 Å². The van der Waals surface area contributed by atoms with E-state index in [1.54, 1.807) is 4.90 Å². The van der Waals surface area contributed by atoms with Gasteiger partial charge in [0.15, 0.2) is 6.10 Å². The van der Waals surface area contributed by atoms with Crippen LogP contribution in [0.1, 0.15) is 23.3 Å². The van der Waals surface area contributed by atoms with Crippen molar-refractivity contribution in [3.8, 4) is 0 Å². The second-order valence-electron chi connectivity index (χ2n) is 7.14. The van der Waals surface area contributed by atoms with Gasteiger partial charge in [-0.1, -0.05) is 86.9 Å². The van der Waals surface area contributed by atoms with E-state index in [0.717, 1.165) is 16.4 Å². The highest BCUT2D eigenvalue weighted by Gasteiger charge is 2.46. The van der Waals surface area contributed by atoms with Crippen molar-refractivity contribution in [2.24, 2.45) is 0 Å². The van der Waals surface area contributed by atoms with Gasteiger partial charge in [-0.15, -0.1) is 0 Å². The number of ether oxygens (including phenoxy) is 1. The molecule has 2 atom stereocenters. The lowest BCUT2D eigenvalue weighted by atomic mass is 9.96. The van der Waals surface area contributed by atoms with Crippen molar-refractivity contribution in [3.63, 3.8) is 0 Å². The fourth-order valence-electron chi connectivity index (χ4n) is 2.99. The third kappa shape index (κ3) is 3.02. The summed E-state index contributed by atoms with van der Waals surface area (Å²) in [7, 11) is -1.74. The molecule has 1 heterocycles. The van der Waals surface area contributed by atoms with Crippen LogP contribution in [0.2, 0.25) is 19.6 Å². The smallest absolute Gasteiger partial charge is 0.415 e. The molecule has 0 saturated carbocycles. The third-order valence-electron chi connectivity index (χ3n) is 4.42. The minimum Gasteiger partial charge on any atom is -0.438 e. The Kier molecular flexibility index (Phi) is 4.33. The predicted octanol–water partition coefficient (Wildman–Crippen LogP) is 5.31. The third-order valence-corrected chi connectivity index (χ3v) is 6.39. The van der Waals surface area contributed by atoms with E-state index < -0.39 is 8.07 Å². The van der Waals surface area contributed by atoms with Crippen LogP contribution in [0.15, 0.2) is 72.6 Å². The van der Waals surface area contributed by atoms with Gasteiger partial charge in [0.2, 0.25) is 0 Å². The summed E-state index contributed by atoms with van der Waals surface area (Å²) >= 11 is 0. The van der Waals surface area contributed by atoms with E-state index in [2.05, 4.69) is 26.2 Å². The van der Waals surface area contributed by atoms with Crippen molar-refractivity contribution in [1.82, 2.24) is 4.90 Å². The molecule has 3 rings (SSSR count). The number of carbonyl (C=O) groups excluding carboxylic acids is 1. The van der Waals surface area contributed by atoms with Crippen LogP contribution in [0.3, 0.4) is 0 Å². The number of rotatable bonds is 4. The van der Waals surface area contributed by atoms with E-state index in [0.29, 0.717) is 0 Å². The number of amides is 1. The minimum absolute atomic E-state index is 0.180. The molecule has 124 valence electrons. The Labute approximate surface area is 144 Å². The maximum absolute atomic E-state index is 12.7. The summed E-state index contributed by atoms with van der Waals surface area (Å²) in [5.74, 6) is 0. The molecule has 0 bridgehead atoms. The van der Waals surface area contributed by atoms with Gasteiger partial charge in [-0.05, 0) is 11.1 Å². The molecule has 2 aromatic rings. The molecule has 0 N–H and O–H groups in total. The summed E-state index contributed by atoms with van der Waals surface area (Å²) in [6, 6.07) is 19.8. The fraction of sp³-hybridized carbons (Fsp3) is 0.250. The van der Waals surface area contributed by atoms with Gasteiger partial charge < -0.3 is 4.74 Å². The lowest BCUT2D eigenvalue weighted by Gasteiger charge is -2.32. The molecule has 3 nitrogen and oxygen atoms in total. The van der Waals surface area contributed by atoms with Crippen molar-refractivity contribution in [1.29, 1.82) is 0 Å². The number of carbonyl (C=O) groups is 1. The highest BCUT2D eigenvalue weighted by Crippen LogP contribution is 2.45. The van der Waals surface area contributed by atoms with Crippen LogP contribution in [-0.2, 0) is 4.74 Å². The Hall–Kier alpha value is -2.33. The first kappa shape index (κ1) is 16.5. The lowest BCUT2D eigenvalue weighted by Crippen LogP contribution is -2.39. The highest BCUT2D eigenvalue weighted by atomic mass is 28.3. The van der Waals surface area contributed by atoms with E-state index in [-0.39, 0.29) is 18.2 Å². The molecule has 1 aliphatic rings. The summed E-state index contributed by atoms with van der Waals surface area (Å²) in [5, 5.41) is 0.903. The molecule has 24 heavy (non-hydrogen) atoms. The van der Waals surface area contributed by atoms with Crippen LogP contribution in [0.25, 0.3) is 0 Å². The van der Waals surface area contributed by atoms with Crippen LogP contribution in [0.5, 0.6) is 0 Å². The van der Waals surface area contributed by atoms with E-state index in [9.17, 15) is 4.79 Å². The van der Waals surface area contributed by atoms with E-state index in [1.165, 1.54) is 0 Å². The van der Waals surface area contributed by atoms with Gasteiger partial charge in [0, 0.05) is 5.32 Å². The van der Waals surface area contributed by atoms with Crippen LogP contribution in [0, 0.1) is 0 Å². The molecule has 0 aromatic heterocycles. The normalized spacial score (nSPS) is 20.8. The Balaban J connectivity index is 2.08. The van der Waals surface area contributed by atoms with E-state index >= 15 is 0 Å². The number of hydrogen-bond acceptors (Lipinski definition) is 2. The number of nitrogens with zero attached hydrogens (tertiary/aromatic N) is 1. The first-order chi connectivity index (χ1) is 11.4. The summed E-state index contributed by atoms with van der Waals surface area (Å²) in [6.07, 6.45) is -0.626. The van der Waals surface area contributed by atoms with Crippen LogP contribution >= 0.6 is 0 Å². The number of cyclic esters (lactones) is 1.